The topological polar surface area (TPSA) is 23.6 Å². The summed E-state index contributed by atoms with van der Waals surface area (Å²) in [7, 11) is 0. The van der Waals surface area contributed by atoms with Crippen LogP contribution >= 0.6 is 0 Å². The van der Waals surface area contributed by atoms with Crippen molar-refractivity contribution in [2.24, 2.45) is 0 Å². The molecule has 0 amide bonds. The number of benzene rings is 4. The van der Waals surface area contributed by atoms with Crippen LogP contribution in [0, 0.1) is 0 Å². The quantitative estimate of drug-likeness (QED) is 0.217. The highest BCUT2D eigenvalue weighted by atomic mass is 16.1. The molecule has 4 aromatic carbocycles. The zero-order valence-electron chi connectivity index (χ0n) is 21.9. The molecule has 0 unspecified atom stereocenters. The number of anilines is 2. The predicted molar refractivity (Wildman–Crippen MR) is 154 cm³/mol. The lowest BCUT2D eigenvalue weighted by atomic mass is 9.89. The summed E-state index contributed by atoms with van der Waals surface area (Å²) in [5.74, 6) is 0.0462. The van der Waals surface area contributed by atoms with E-state index >= 15 is 0 Å². The Balaban J connectivity index is 1.87. The highest BCUT2D eigenvalue weighted by Crippen LogP contribution is 2.37. The molecule has 184 valence electrons. The molecule has 0 bridgehead atoms. The first kappa shape index (κ1) is 25.2. The third kappa shape index (κ3) is 4.92. The van der Waals surface area contributed by atoms with Crippen molar-refractivity contribution in [3.8, 4) is 22.3 Å². The van der Waals surface area contributed by atoms with Crippen LogP contribution in [0.5, 0.6) is 0 Å². The highest BCUT2D eigenvalue weighted by molar-refractivity contribution is 6.17. The van der Waals surface area contributed by atoms with Crippen LogP contribution in [0.3, 0.4) is 0 Å². The fraction of sp³-hybridized carbons (Fsp3) is 0.242. The van der Waals surface area contributed by atoms with Crippen molar-refractivity contribution >= 4 is 17.2 Å². The summed E-state index contributed by atoms with van der Waals surface area (Å²) in [4.78, 5) is 18.9. The molecule has 0 N–H and O–H groups in total. The minimum atomic E-state index is 0.0462. The lowest BCUT2D eigenvalue weighted by Crippen LogP contribution is -2.22. The van der Waals surface area contributed by atoms with Crippen LogP contribution in [-0.2, 0) is 0 Å². The number of ketones is 1. The molecular weight excluding hydrogens is 440 g/mol. The molecule has 0 saturated heterocycles. The summed E-state index contributed by atoms with van der Waals surface area (Å²) in [6.07, 6.45) is 0. The fourth-order valence-electron chi connectivity index (χ4n) is 5.06. The van der Waals surface area contributed by atoms with Gasteiger partial charge < -0.3 is 9.80 Å². The Bertz CT molecular complexity index is 1220. The van der Waals surface area contributed by atoms with Gasteiger partial charge in [0, 0.05) is 59.8 Å². The number of carbonyl (C=O) groups is 1. The van der Waals surface area contributed by atoms with E-state index in [1.54, 1.807) is 0 Å². The van der Waals surface area contributed by atoms with Crippen LogP contribution < -0.4 is 9.80 Å². The van der Waals surface area contributed by atoms with Crippen LogP contribution in [0.4, 0.5) is 11.4 Å². The summed E-state index contributed by atoms with van der Waals surface area (Å²) in [5.41, 5.74) is 7.88. The monoisotopic (exact) mass is 476 g/mol. The lowest BCUT2D eigenvalue weighted by molar-refractivity contribution is 0.104. The molecule has 4 rings (SSSR count). The van der Waals surface area contributed by atoms with E-state index in [1.807, 2.05) is 36.4 Å². The second kappa shape index (κ2) is 11.7. The van der Waals surface area contributed by atoms with Gasteiger partial charge in [0.25, 0.3) is 0 Å². The molecule has 0 aliphatic heterocycles. The summed E-state index contributed by atoms with van der Waals surface area (Å²) in [6, 6.07) is 32.8. The first-order valence-electron chi connectivity index (χ1n) is 13.1. The number of hydrogen-bond donors (Lipinski definition) is 0. The van der Waals surface area contributed by atoms with Crippen molar-refractivity contribution in [3.63, 3.8) is 0 Å². The molecule has 36 heavy (non-hydrogen) atoms. The number of para-hydroxylation sites is 2. The zero-order valence-corrected chi connectivity index (χ0v) is 21.9. The van der Waals surface area contributed by atoms with Crippen molar-refractivity contribution in [2.75, 3.05) is 36.0 Å². The van der Waals surface area contributed by atoms with E-state index in [2.05, 4.69) is 98.2 Å². The second-order valence-electron chi connectivity index (χ2n) is 8.80. The van der Waals surface area contributed by atoms with Gasteiger partial charge in [-0.1, -0.05) is 84.9 Å². The van der Waals surface area contributed by atoms with Crippen LogP contribution in [0.25, 0.3) is 22.3 Å². The number of hydrogen-bond acceptors (Lipinski definition) is 3. The molecule has 0 aromatic heterocycles. The predicted octanol–water partition coefficient (Wildman–Crippen LogP) is 7.94. The molecule has 0 fully saturated rings. The third-order valence-corrected chi connectivity index (χ3v) is 6.94. The van der Waals surface area contributed by atoms with Crippen molar-refractivity contribution < 1.29 is 4.79 Å². The van der Waals surface area contributed by atoms with Gasteiger partial charge in [-0.15, -0.1) is 0 Å². The molecule has 0 spiro atoms. The summed E-state index contributed by atoms with van der Waals surface area (Å²) < 4.78 is 0. The third-order valence-electron chi connectivity index (χ3n) is 6.94. The van der Waals surface area contributed by atoms with E-state index in [4.69, 9.17) is 0 Å². The van der Waals surface area contributed by atoms with Gasteiger partial charge in [-0.3, -0.25) is 4.79 Å². The largest absolute Gasteiger partial charge is 0.372 e. The second-order valence-corrected chi connectivity index (χ2v) is 8.80. The Kier molecular flexibility index (Phi) is 8.22. The maximum absolute atomic E-state index is 14.2. The molecule has 0 heterocycles. The summed E-state index contributed by atoms with van der Waals surface area (Å²) in [5, 5.41) is 0. The van der Waals surface area contributed by atoms with Gasteiger partial charge in [0.2, 0.25) is 0 Å². The van der Waals surface area contributed by atoms with Gasteiger partial charge in [-0.25, -0.2) is 0 Å². The number of rotatable bonds is 10. The standard InChI is InChI=1S/C33H36N2O/c1-5-34(6-2)31-23-15-13-19-27(31)25-17-9-11-21-29(25)33(36)30-22-12-10-18-26(30)28-20-14-16-24-32(28)35(7-3)8-4/h9-24H,5-8H2,1-4H3. The van der Waals surface area contributed by atoms with Crippen molar-refractivity contribution in [1.29, 1.82) is 0 Å². The normalized spacial score (nSPS) is 10.8. The van der Waals surface area contributed by atoms with Crippen LogP contribution in [0.1, 0.15) is 43.6 Å². The minimum Gasteiger partial charge on any atom is -0.372 e. The van der Waals surface area contributed by atoms with Crippen molar-refractivity contribution in [1.82, 2.24) is 0 Å². The average molecular weight is 477 g/mol. The molecule has 0 radical (unpaired) electrons. The Morgan fingerprint density at radius 3 is 1.14 bits per heavy atom. The average Bonchev–Trinajstić information content (AvgIpc) is 2.94. The molecule has 4 aromatic rings. The zero-order chi connectivity index (χ0) is 25.5. The number of carbonyl (C=O) groups excluding carboxylic acids is 1. The Morgan fingerprint density at radius 2 is 0.778 bits per heavy atom. The van der Waals surface area contributed by atoms with E-state index in [-0.39, 0.29) is 5.78 Å². The van der Waals surface area contributed by atoms with Gasteiger partial charge >= 0.3 is 0 Å². The molecule has 0 atom stereocenters. The molecule has 0 aliphatic carbocycles. The molecular formula is C33H36N2O. The molecule has 3 heteroatoms. The highest BCUT2D eigenvalue weighted by Gasteiger charge is 2.21. The first-order chi connectivity index (χ1) is 17.6. The van der Waals surface area contributed by atoms with Crippen LogP contribution in [0.15, 0.2) is 97.1 Å². The molecule has 0 saturated carbocycles. The minimum absolute atomic E-state index is 0.0462. The van der Waals surface area contributed by atoms with E-state index in [1.165, 1.54) is 0 Å². The van der Waals surface area contributed by atoms with Gasteiger partial charge in [0.1, 0.15) is 0 Å². The fourth-order valence-corrected chi connectivity index (χ4v) is 5.06. The van der Waals surface area contributed by atoms with Crippen LogP contribution in [-0.4, -0.2) is 32.0 Å². The van der Waals surface area contributed by atoms with Crippen molar-refractivity contribution in [2.45, 2.75) is 27.7 Å². The maximum Gasteiger partial charge on any atom is 0.194 e. The van der Waals surface area contributed by atoms with Gasteiger partial charge in [0.15, 0.2) is 5.78 Å². The number of nitrogens with zero attached hydrogens (tertiary/aromatic N) is 2. The smallest absolute Gasteiger partial charge is 0.194 e. The first-order valence-corrected chi connectivity index (χ1v) is 13.1. The maximum atomic E-state index is 14.2. The van der Waals surface area contributed by atoms with E-state index in [0.717, 1.165) is 70.9 Å². The van der Waals surface area contributed by atoms with Crippen molar-refractivity contribution in [3.05, 3.63) is 108 Å². The van der Waals surface area contributed by atoms with E-state index in [9.17, 15) is 4.79 Å². The Hall–Kier alpha value is -3.85. The Morgan fingerprint density at radius 1 is 0.472 bits per heavy atom. The van der Waals surface area contributed by atoms with Crippen LogP contribution in [0.2, 0.25) is 0 Å². The summed E-state index contributed by atoms with van der Waals surface area (Å²) in [6.45, 7) is 12.3. The van der Waals surface area contributed by atoms with E-state index < -0.39 is 0 Å². The Labute approximate surface area is 216 Å². The molecule has 3 nitrogen and oxygen atoms in total. The SMILES string of the molecule is CCN(CC)c1ccccc1-c1ccccc1C(=O)c1ccccc1-c1ccccc1N(CC)CC. The van der Waals surface area contributed by atoms with E-state index in [0.29, 0.717) is 0 Å². The molecule has 0 aliphatic rings. The van der Waals surface area contributed by atoms with Gasteiger partial charge in [-0.05, 0) is 51.0 Å². The van der Waals surface area contributed by atoms with Gasteiger partial charge in [0.05, 0.1) is 0 Å². The lowest BCUT2D eigenvalue weighted by Gasteiger charge is -2.26. The van der Waals surface area contributed by atoms with Gasteiger partial charge in [-0.2, -0.15) is 0 Å². The summed E-state index contributed by atoms with van der Waals surface area (Å²) >= 11 is 0.